The fourth-order valence-corrected chi connectivity index (χ4v) is 1.83. The van der Waals surface area contributed by atoms with Crippen molar-refractivity contribution in [3.05, 3.63) is 16.1 Å². The Balaban J connectivity index is 1.98. The fraction of sp³-hybridized carbons (Fsp3) is 0.556. The van der Waals surface area contributed by atoms with Crippen LogP contribution < -0.4 is 0 Å². The van der Waals surface area contributed by atoms with Crippen molar-refractivity contribution >= 4 is 17.1 Å². The highest BCUT2D eigenvalue weighted by Gasteiger charge is 2.29. The smallest absolute Gasteiger partial charge is 0.141 e. The van der Waals surface area contributed by atoms with Gasteiger partial charge in [-0.05, 0) is 19.8 Å². The van der Waals surface area contributed by atoms with Gasteiger partial charge in [-0.1, -0.05) is 0 Å². The SMILES string of the molecule is Cc1nc(CC(=O)C2CC2)cs1. The van der Waals surface area contributed by atoms with Gasteiger partial charge in [-0.3, -0.25) is 4.79 Å². The van der Waals surface area contributed by atoms with E-state index in [-0.39, 0.29) is 0 Å². The zero-order chi connectivity index (χ0) is 8.55. The first kappa shape index (κ1) is 7.92. The maximum atomic E-state index is 11.3. The normalized spacial score (nSPS) is 16.4. The summed E-state index contributed by atoms with van der Waals surface area (Å²) in [5, 5.41) is 3.03. The van der Waals surface area contributed by atoms with Gasteiger partial charge in [0, 0.05) is 17.7 Å². The second kappa shape index (κ2) is 2.98. The van der Waals surface area contributed by atoms with Crippen LogP contribution in [0.2, 0.25) is 0 Å². The van der Waals surface area contributed by atoms with Crippen LogP contribution in [0, 0.1) is 12.8 Å². The molecule has 12 heavy (non-hydrogen) atoms. The highest BCUT2D eigenvalue weighted by molar-refractivity contribution is 7.09. The molecule has 0 saturated heterocycles. The molecule has 0 spiro atoms. The van der Waals surface area contributed by atoms with Crippen LogP contribution >= 0.6 is 11.3 Å². The predicted octanol–water partition coefficient (Wildman–Crippen LogP) is 1.97. The molecule has 0 N–H and O–H groups in total. The number of aromatic nitrogens is 1. The number of thiazole rings is 1. The van der Waals surface area contributed by atoms with Crippen LogP contribution in [0.3, 0.4) is 0 Å². The maximum absolute atomic E-state index is 11.3. The molecule has 1 aliphatic carbocycles. The van der Waals surface area contributed by atoms with Crippen molar-refractivity contribution in [2.75, 3.05) is 0 Å². The molecule has 1 heterocycles. The summed E-state index contributed by atoms with van der Waals surface area (Å²) in [4.78, 5) is 15.6. The number of hydrogen-bond donors (Lipinski definition) is 0. The third-order valence-corrected chi connectivity index (χ3v) is 2.88. The van der Waals surface area contributed by atoms with Crippen LogP contribution in [0.4, 0.5) is 0 Å². The van der Waals surface area contributed by atoms with Crippen molar-refractivity contribution in [1.29, 1.82) is 0 Å². The number of nitrogens with zero attached hydrogens (tertiary/aromatic N) is 1. The lowest BCUT2D eigenvalue weighted by Crippen LogP contribution is -2.04. The van der Waals surface area contributed by atoms with E-state index < -0.39 is 0 Å². The van der Waals surface area contributed by atoms with Crippen LogP contribution in [0.1, 0.15) is 23.5 Å². The summed E-state index contributed by atoms with van der Waals surface area (Å²) in [6.45, 7) is 1.97. The fourth-order valence-electron chi connectivity index (χ4n) is 1.22. The van der Waals surface area contributed by atoms with Crippen molar-refractivity contribution in [1.82, 2.24) is 4.98 Å². The highest BCUT2D eigenvalue weighted by atomic mass is 32.1. The molecule has 1 saturated carbocycles. The minimum absolute atomic E-state index is 0.368. The number of Topliss-reactive ketones (excluding diaryl/α,β-unsaturated/α-hetero) is 1. The molecule has 1 aromatic heterocycles. The van der Waals surface area contributed by atoms with Crippen molar-refractivity contribution in [2.24, 2.45) is 5.92 Å². The summed E-state index contributed by atoms with van der Waals surface area (Å²) >= 11 is 1.62. The molecule has 1 fully saturated rings. The van der Waals surface area contributed by atoms with Gasteiger partial charge in [0.2, 0.25) is 0 Å². The summed E-state index contributed by atoms with van der Waals surface area (Å²) in [5.41, 5.74) is 0.953. The molecular weight excluding hydrogens is 170 g/mol. The Morgan fingerprint density at radius 1 is 1.75 bits per heavy atom. The summed E-state index contributed by atoms with van der Waals surface area (Å²) in [5.74, 6) is 0.743. The van der Waals surface area contributed by atoms with Gasteiger partial charge in [-0.25, -0.2) is 4.98 Å². The van der Waals surface area contributed by atoms with E-state index in [9.17, 15) is 4.79 Å². The average Bonchev–Trinajstić information content (AvgIpc) is 2.78. The Bertz CT molecular complexity index is 301. The second-order valence-corrected chi connectivity index (χ2v) is 4.34. The Morgan fingerprint density at radius 3 is 3.00 bits per heavy atom. The molecule has 2 nitrogen and oxygen atoms in total. The number of aryl methyl sites for hydroxylation is 1. The van der Waals surface area contributed by atoms with Crippen LogP contribution in [0.5, 0.6) is 0 Å². The Hall–Kier alpha value is -0.700. The van der Waals surface area contributed by atoms with Crippen molar-refractivity contribution in [3.8, 4) is 0 Å². The monoisotopic (exact) mass is 181 g/mol. The first-order valence-corrected chi connectivity index (χ1v) is 5.07. The number of rotatable bonds is 3. The number of carbonyl (C=O) groups excluding carboxylic acids is 1. The molecule has 0 aliphatic heterocycles. The summed E-state index contributed by atoms with van der Waals surface area (Å²) in [6, 6.07) is 0. The zero-order valence-corrected chi connectivity index (χ0v) is 7.86. The number of ketones is 1. The second-order valence-electron chi connectivity index (χ2n) is 3.28. The first-order chi connectivity index (χ1) is 5.75. The molecule has 0 aromatic carbocycles. The Morgan fingerprint density at radius 2 is 2.50 bits per heavy atom. The van der Waals surface area contributed by atoms with Gasteiger partial charge in [-0.15, -0.1) is 11.3 Å². The molecule has 1 aromatic rings. The van der Waals surface area contributed by atoms with E-state index in [0.717, 1.165) is 23.5 Å². The minimum atomic E-state index is 0.368. The molecule has 64 valence electrons. The molecule has 2 rings (SSSR count). The standard InChI is InChI=1S/C9H11NOS/c1-6-10-8(5-12-6)4-9(11)7-2-3-7/h5,7H,2-4H2,1H3. The molecule has 0 unspecified atom stereocenters. The number of hydrogen-bond acceptors (Lipinski definition) is 3. The van der Waals surface area contributed by atoms with Crippen molar-refractivity contribution in [3.63, 3.8) is 0 Å². The van der Waals surface area contributed by atoms with Gasteiger partial charge in [-0.2, -0.15) is 0 Å². The molecule has 0 bridgehead atoms. The molecule has 0 atom stereocenters. The van der Waals surface area contributed by atoms with Crippen LogP contribution in [0.15, 0.2) is 5.38 Å². The molecular formula is C9H11NOS. The topological polar surface area (TPSA) is 30.0 Å². The van der Waals surface area contributed by atoms with Crippen LogP contribution in [-0.4, -0.2) is 10.8 Å². The van der Waals surface area contributed by atoms with Gasteiger partial charge in [0.1, 0.15) is 5.78 Å². The summed E-state index contributed by atoms with van der Waals surface area (Å²) in [7, 11) is 0. The van der Waals surface area contributed by atoms with Gasteiger partial charge in [0.15, 0.2) is 0 Å². The highest BCUT2D eigenvalue weighted by Crippen LogP contribution is 2.30. The Kier molecular flexibility index (Phi) is 1.97. The third-order valence-electron chi connectivity index (χ3n) is 2.05. The number of carbonyl (C=O) groups is 1. The predicted molar refractivity (Wildman–Crippen MR) is 48.3 cm³/mol. The van der Waals surface area contributed by atoms with E-state index in [2.05, 4.69) is 4.98 Å². The van der Waals surface area contributed by atoms with Gasteiger partial charge >= 0.3 is 0 Å². The van der Waals surface area contributed by atoms with Crippen LogP contribution in [-0.2, 0) is 11.2 Å². The third kappa shape index (κ3) is 1.72. The van der Waals surface area contributed by atoms with E-state index in [0.29, 0.717) is 18.1 Å². The van der Waals surface area contributed by atoms with E-state index in [1.54, 1.807) is 11.3 Å². The van der Waals surface area contributed by atoms with Gasteiger partial charge in [0.05, 0.1) is 10.7 Å². The van der Waals surface area contributed by atoms with Gasteiger partial charge < -0.3 is 0 Å². The lowest BCUT2D eigenvalue weighted by Gasteiger charge is -1.92. The van der Waals surface area contributed by atoms with Gasteiger partial charge in [0.25, 0.3) is 0 Å². The lowest BCUT2D eigenvalue weighted by molar-refractivity contribution is -0.119. The lowest BCUT2D eigenvalue weighted by atomic mass is 10.2. The van der Waals surface area contributed by atoms with E-state index in [1.165, 1.54) is 0 Å². The van der Waals surface area contributed by atoms with E-state index in [1.807, 2.05) is 12.3 Å². The molecule has 0 amide bonds. The van der Waals surface area contributed by atoms with Crippen molar-refractivity contribution < 1.29 is 4.79 Å². The van der Waals surface area contributed by atoms with E-state index >= 15 is 0 Å². The minimum Gasteiger partial charge on any atom is -0.299 e. The van der Waals surface area contributed by atoms with E-state index in [4.69, 9.17) is 0 Å². The largest absolute Gasteiger partial charge is 0.299 e. The van der Waals surface area contributed by atoms with Crippen molar-refractivity contribution in [2.45, 2.75) is 26.2 Å². The summed E-state index contributed by atoms with van der Waals surface area (Å²) in [6.07, 6.45) is 2.75. The quantitative estimate of drug-likeness (QED) is 0.713. The Labute approximate surface area is 75.6 Å². The first-order valence-electron chi connectivity index (χ1n) is 4.19. The molecule has 3 heteroatoms. The zero-order valence-electron chi connectivity index (χ0n) is 7.04. The van der Waals surface area contributed by atoms with Crippen LogP contribution in [0.25, 0.3) is 0 Å². The molecule has 0 radical (unpaired) electrons. The molecule has 1 aliphatic rings. The summed E-state index contributed by atoms with van der Waals surface area (Å²) < 4.78 is 0. The average molecular weight is 181 g/mol. The maximum Gasteiger partial charge on any atom is 0.141 e.